The number of rotatable bonds is 2. The molecule has 0 saturated carbocycles. The van der Waals surface area contributed by atoms with Crippen LogP contribution < -0.4 is 5.32 Å². The summed E-state index contributed by atoms with van der Waals surface area (Å²) in [5.41, 5.74) is -2.89. The maximum absolute atomic E-state index is 13.7. The van der Waals surface area contributed by atoms with Gasteiger partial charge in [-0.2, -0.15) is 0 Å². The molecule has 1 atom stereocenters. The first-order valence-corrected chi connectivity index (χ1v) is 5.39. The van der Waals surface area contributed by atoms with Crippen LogP contribution in [-0.2, 0) is 15.1 Å². The van der Waals surface area contributed by atoms with Gasteiger partial charge in [0.25, 0.3) is 5.78 Å². The van der Waals surface area contributed by atoms with Gasteiger partial charge < -0.3 is 14.9 Å². The second-order valence-corrected chi connectivity index (χ2v) is 4.17. The number of hydrogen-bond donors (Lipinski definition) is 3. The van der Waals surface area contributed by atoms with Gasteiger partial charge in [-0.25, -0.2) is 13.6 Å². The predicted molar refractivity (Wildman–Crippen MR) is 60.6 cm³/mol. The third-order valence-corrected chi connectivity index (χ3v) is 2.83. The molecule has 8 heteroatoms. The molecule has 1 aromatic rings. The third-order valence-electron chi connectivity index (χ3n) is 2.83. The fraction of sp³-hybridized carbons (Fsp3) is 0.167. The van der Waals surface area contributed by atoms with Crippen LogP contribution in [0.15, 0.2) is 29.8 Å². The zero-order valence-corrected chi connectivity index (χ0v) is 10.1. The number of aliphatic hydroxyl groups excluding tert-OH is 1. The van der Waals surface area contributed by atoms with Crippen molar-refractivity contribution >= 4 is 11.9 Å². The topological polar surface area (TPSA) is 95.9 Å². The van der Waals surface area contributed by atoms with E-state index >= 15 is 0 Å². The minimum absolute atomic E-state index is 0.710. The van der Waals surface area contributed by atoms with E-state index in [2.05, 4.69) is 0 Å². The van der Waals surface area contributed by atoms with Crippen LogP contribution in [0, 0.1) is 11.6 Å². The van der Waals surface area contributed by atoms with Crippen molar-refractivity contribution in [3.8, 4) is 0 Å². The highest BCUT2D eigenvalue weighted by atomic mass is 19.1. The lowest BCUT2D eigenvalue weighted by molar-refractivity contribution is -0.132. The van der Waals surface area contributed by atoms with E-state index in [0.29, 0.717) is 0 Å². The Morgan fingerprint density at radius 1 is 1.35 bits per heavy atom. The van der Waals surface area contributed by atoms with Crippen LogP contribution in [0.1, 0.15) is 12.5 Å². The second kappa shape index (κ2) is 4.48. The Balaban J connectivity index is 2.49. The summed E-state index contributed by atoms with van der Waals surface area (Å²) in [5.74, 6) is -5.06. The zero-order valence-electron chi connectivity index (χ0n) is 10.1. The fourth-order valence-corrected chi connectivity index (χ4v) is 1.93. The van der Waals surface area contributed by atoms with Crippen molar-refractivity contribution in [2.45, 2.75) is 12.5 Å². The van der Waals surface area contributed by atoms with Crippen LogP contribution >= 0.6 is 0 Å². The average molecular weight is 285 g/mol. The fourth-order valence-electron chi connectivity index (χ4n) is 1.93. The van der Waals surface area contributed by atoms with E-state index in [1.807, 2.05) is 0 Å². The van der Waals surface area contributed by atoms with Crippen LogP contribution in [0.2, 0.25) is 0 Å². The number of Topliss-reactive ketones (excluding diaryl/α,β-unsaturated/α-hetero) is 1. The molecule has 3 N–H and O–H groups in total. The molecule has 20 heavy (non-hydrogen) atoms. The molecule has 1 unspecified atom stereocenters. The van der Waals surface area contributed by atoms with Crippen molar-refractivity contribution in [2.75, 3.05) is 0 Å². The van der Waals surface area contributed by atoms with Crippen molar-refractivity contribution in [3.63, 3.8) is 0 Å². The average Bonchev–Trinajstić information content (AvgIpc) is 2.54. The molecule has 1 amide bonds. The molecular formula is C12H9F2NO5. The number of benzene rings is 1. The lowest BCUT2D eigenvalue weighted by atomic mass is 9.90. The van der Waals surface area contributed by atoms with Gasteiger partial charge in [0.2, 0.25) is 17.2 Å². The summed E-state index contributed by atoms with van der Waals surface area (Å²) < 4.78 is 32.4. The van der Waals surface area contributed by atoms with E-state index in [4.69, 9.17) is 9.84 Å². The highest BCUT2D eigenvalue weighted by Crippen LogP contribution is 2.39. The van der Waals surface area contributed by atoms with Gasteiger partial charge in [0.05, 0.1) is 5.56 Å². The summed E-state index contributed by atoms with van der Waals surface area (Å²) in [5, 5.41) is 19.7. The summed E-state index contributed by atoms with van der Waals surface area (Å²) >= 11 is 0. The van der Waals surface area contributed by atoms with Crippen molar-refractivity contribution in [1.82, 2.24) is 5.32 Å². The molecule has 0 fully saturated rings. The van der Waals surface area contributed by atoms with Gasteiger partial charge in [-0.15, -0.1) is 0 Å². The number of hydrogen-bond acceptors (Lipinski definition) is 4. The van der Waals surface area contributed by atoms with Gasteiger partial charge in [0.15, 0.2) is 0 Å². The molecule has 1 aromatic carbocycles. The van der Waals surface area contributed by atoms with Gasteiger partial charge in [-0.05, 0) is 19.1 Å². The molecule has 0 radical (unpaired) electrons. The number of aliphatic hydroxyl groups is 1. The number of ether oxygens (including phenoxy) is 1. The summed E-state index contributed by atoms with van der Waals surface area (Å²) in [6, 6.07) is 2.93. The number of nitrogens with one attached hydrogen (secondary N) is 1. The lowest BCUT2D eigenvalue weighted by Crippen LogP contribution is -2.34. The Morgan fingerprint density at radius 2 is 1.90 bits per heavy atom. The van der Waals surface area contributed by atoms with Gasteiger partial charge in [0, 0.05) is 0 Å². The molecule has 0 aliphatic carbocycles. The van der Waals surface area contributed by atoms with Crippen LogP contribution in [0.3, 0.4) is 0 Å². The van der Waals surface area contributed by atoms with Crippen LogP contribution in [0.5, 0.6) is 0 Å². The number of halogens is 2. The van der Waals surface area contributed by atoms with Gasteiger partial charge in [0.1, 0.15) is 11.6 Å². The molecule has 0 spiro atoms. The largest absolute Gasteiger partial charge is 0.501 e. The summed E-state index contributed by atoms with van der Waals surface area (Å²) in [6.07, 6.45) is -1.60. The molecule has 1 heterocycles. The molecule has 1 aliphatic heterocycles. The van der Waals surface area contributed by atoms with Gasteiger partial charge >= 0.3 is 6.09 Å². The smallest absolute Gasteiger partial charge is 0.411 e. The number of carbonyl (C=O) groups excluding carboxylic acids is 1. The minimum atomic E-state index is -2.18. The number of carbonyl (C=O) groups is 2. The molecule has 1 aliphatic rings. The quantitative estimate of drug-likeness (QED) is 0.769. The predicted octanol–water partition coefficient (Wildman–Crippen LogP) is 1.77. The molecule has 0 saturated heterocycles. The van der Waals surface area contributed by atoms with Crippen molar-refractivity contribution in [1.29, 1.82) is 0 Å². The normalized spacial score (nSPS) is 21.9. The second-order valence-electron chi connectivity index (χ2n) is 4.17. The first-order chi connectivity index (χ1) is 9.27. The monoisotopic (exact) mass is 285 g/mol. The van der Waals surface area contributed by atoms with Gasteiger partial charge in [-0.3, -0.25) is 10.1 Å². The number of ketones is 1. The van der Waals surface area contributed by atoms with Crippen LogP contribution in [0.4, 0.5) is 13.6 Å². The van der Waals surface area contributed by atoms with E-state index in [0.717, 1.165) is 25.1 Å². The Morgan fingerprint density at radius 3 is 2.40 bits per heavy atom. The van der Waals surface area contributed by atoms with E-state index in [1.54, 1.807) is 5.32 Å². The molecule has 0 aromatic heterocycles. The number of carboxylic acid groups (broad SMARTS) is 1. The Kier molecular flexibility index (Phi) is 3.09. The summed E-state index contributed by atoms with van der Waals surface area (Å²) in [6.45, 7) is 1.03. The SMILES string of the molecule is CC1(c2c(F)cccc2F)OC(NC(=O)O)=C(O)C1=O. The summed E-state index contributed by atoms with van der Waals surface area (Å²) in [4.78, 5) is 22.4. The molecule has 0 bridgehead atoms. The molecular weight excluding hydrogens is 276 g/mol. The highest BCUT2D eigenvalue weighted by Gasteiger charge is 2.51. The van der Waals surface area contributed by atoms with Crippen molar-refractivity contribution < 1.29 is 33.3 Å². The van der Waals surface area contributed by atoms with E-state index in [1.165, 1.54) is 0 Å². The summed E-state index contributed by atoms with van der Waals surface area (Å²) in [7, 11) is 0. The maximum atomic E-state index is 13.7. The van der Waals surface area contributed by atoms with Crippen molar-refractivity contribution in [3.05, 3.63) is 47.0 Å². The highest BCUT2D eigenvalue weighted by molar-refractivity contribution is 6.03. The van der Waals surface area contributed by atoms with Crippen molar-refractivity contribution in [2.24, 2.45) is 0 Å². The lowest BCUT2D eigenvalue weighted by Gasteiger charge is -2.24. The first-order valence-electron chi connectivity index (χ1n) is 5.39. The minimum Gasteiger partial charge on any atom is -0.501 e. The third kappa shape index (κ3) is 1.94. The maximum Gasteiger partial charge on any atom is 0.411 e. The van der Waals surface area contributed by atoms with Crippen LogP contribution in [0.25, 0.3) is 0 Å². The van der Waals surface area contributed by atoms with Gasteiger partial charge in [-0.1, -0.05) is 6.07 Å². The number of amides is 1. The Labute approximate surface area is 111 Å². The Bertz CT molecular complexity index is 622. The first kappa shape index (κ1) is 13.8. The Hall–Kier alpha value is -2.64. The molecule has 6 nitrogen and oxygen atoms in total. The van der Waals surface area contributed by atoms with E-state index in [-0.39, 0.29) is 0 Å². The molecule has 106 valence electrons. The van der Waals surface area contributed by atoms with Crippen LogP contribution in [-0.4, -0.2) is 22.1 Å². The van der Waals surface area contributed by atoms with E-state index in [9.17, 15) is 23.5 Å². The molecule has 2 rings (SSSR count). The standard InChI is InChI=1S/C12H9F2NO5/c1-12(7-5(13)3-2-4-6(7)14)9(17)8(16)10(20-12)15-11(18)19/h2-4,15-16H,1H3,(H,18,19). The zero-order chi connectivity index (χ0) is 15.1. The van der Waals surface area contributed by atoms with E-state index < -0.39 is 46.3 Å².